The minimum Gasteiger partial charge on any atom is -0.476 e. The Hall–Kier alpha value is -2.57. The second-order valence-electron chi connectivity index (χ2n) is 5.27. The fourth-order valence-corrected chi connectivity index (χ4v) is 2.51. The molecule has 0 spiro atoms. The minimum absolute atomic E-state index is 0.0602. The number of benzene rings is 1. The van der Waals surface area contributed by atoms with E-state index in [0.717, 1.165) is 10.1 Å². The van der Waals surface area contributed by atoms with Gasteiger partial charge in [-0.2, -0.15) is 13.2 Å². The molecule has 0 atom stereocenters. The van der Waals surface area contributed by atoms with E-state index in [4.69, 9.17) is 4.74 Å². The summed E-state index contributed by atoms with van der Waals surface area (Å²) in [5, 5.41) is 0. The van der Waals surface area contributed by atoms with Gasteiger partial charge in [0.15, 0.2) is 5.78 Å². The largest absolute Gasteiger partial charge is 0.476 e. The molecule has 0 aliphatic carbocycles. The first-order valence-electron chi connectivity index (χ1n) is 6.88. The monoisotopic (exact) mass is 323 g/mol. The van der Waals surface area contributed by atoms with Gasteiger partial charge < -0.3 is 4.74 Å². The number of ether oxygens (including phenoxy) is 1. The van der Waals surface area contributed by atoms with Crippen LogP contribution in [0.5, 0.6) is 5.88 Å². The smallest absolute Gasteiger partial charge is 0.417 e. The zero-order valence-corrected chi connectivity index (χ0v) is 12.1. The zero-order valence-electron chi connectivity index (χ0n) is 12.1. The summed E-state index contributed by atoms with van der Waals surface area (Å²) in [6, 6.07) is 6.64. The molecular formula is C16H12F3NO3. The van der Waals surface area contributed by atoms with Crippen molar-refractivity contribution >= 4 is 5.78 Å². The number of halogens is 3. The van der Waals surface area contributed by atoms with Gasteiger partial charge in [-0.05, 0) is 6.92 Å². The van der Waals surface area contributed by atoms with Crippen LogP contribution in [0.15, 0.2) is 35.1 Å². The molecule has 7 heteroatoms. The number of hydrogen-bond donors (Lipinski definition) is 0. The zero-order chi connectivity index (χ0) is 16.8. The van der Waals surface area contributed by atoms with Crippen molar-refractivity contribution in [3.05, 3.63) is 62.9 Å². The van der Waals surface area contributed by atoms with Crippen molar-refractivity contribution in [3.8, 4) is 5.88 Å². The average Bonchev–Trinajstić information content (AvgIpc) is 2.96. The number of carbonyl (C=O) groups excluding carboxylic acids is 1. The summed E-state index contributed by atoms with van der Waals surface area (Å²) >= 11 is 0. The van der Waals surface area contributed by atoms with Crippen LogP contribution in [0.4, 0.5) is 13.2 Å². The van der Waals surface area contributed by atoms with Gasteiger partial charge in [-0.3, -0.25) is 14.2 Å². The Kier molecular flexibility index (Phi) is 3.50. The summed E-state index contributed by atoms with van der Waals surface area (Å²) < 4.78 is 46.1. The van der Waals surface area contributed by atoms with Gasteiger partial charge in [-0.25, -0.2) is 0 Å². The first kappa shape index (κ1) is 15.3. The van der Waals surface area contributed by atoms with Crippen LogP contribution < -0.4 is 10.3 Å². The Morgan fingerprint density at radius 2 is 1.87 bits per heavy atom. The first-order valence-corrected chi connectivity index (χ1v) is 6.88. The first-order chi connectivity index (χ1) is 10.8. The molecular weight excluding hydrogens is 311 g/mol. The Bertz CT molecular complexity index is 835. The number of rotatable bonds is 2. The molecule has 0 N–H and O–H groups in total. The maximum Gasteiger partial charge on any atom is 0.417 e. The SMILES string of the molecule is Cc1ccc(C(=O)c2c(C(F)(F)F)cc(=O)n3c2OCC3)cc1. The predicted octanol–water partition coefficient (Wildman–Crippen LogP) is 2.80. The van der Waals surface area contributed by atoms with E-state index in [1.807, 2.05) is 0 Å². The molecule has 0 unspecified atom stereocenters. The number of fused-ring (bicyclic) bond motifs is 1. The van der Waals surface area contributed by atoms with E-state index >= 15 is 0 Å². The third-order valence-corrected chi connectivity index (χ3v) is 3.66. The van der Waals surface area contributed by atoms with Crippen molar-refractivity contribution in [1.82, 2.24) is 4.57 Å². The number of hydrogen-bond acceptors (Lipinski definition) is 3. The topological polar surface area (TPSA) is 48.3 Å². The average molecular weight is 323 g/mol. The van der Waals surface area contributed by atoms with Crippen LogP contribution in [0.1, 0.15) is 27.0 Å². The minimum atomic E-state index is -4.82. The van der Waals surface area contributed by atoms with Gasteiger partial charge in [0.05, 0.1) is 17.7 Å². The normalized spacial score (nSPS) is 13.6. The van der Waals surface area contributed by atoms with Crippen molar-refractivity contribution in [2.24, 2.45) is 0 Å². The second kappa shape index (κ2) is 5.26. The van der Waals surface area contributed by atoms with Crippen LogP contribution >= 0.6 is 0 Å². The fourth-order valence-electron chi connectivity index (χ4n) is 2.51. The lowest BCUT2D eigenvalue weighted by Gasteiger charge is -2.15. The Balaban J connectivity index is 2.25. The summed E-state index contributed by atoms with van der Waals surface area (Å²) in [6.07, 6.45) is -4.82. The number of alkyl halides is 3. The predicted molar refractivity (Wildman–Crippen MR) is 75.8 cm³/mol. The molecule has 2 heterocycles. The standard InChI is InChI=1S/C16H12F3NO3/c1-9-2-4-10(5-3-9)14(22)13-11(16(17,18)19)8-12(21)20-6-7-23-15(13)20/h2-5,8H,6-7H2,1H3. The van der Waals surface area contributed by atoms with Gasteiger partial charge in [-0.1, -0.05) is 29.8 Å². The molecule has 3 rings (SSSR count). The van der Waals surface area contributed by atoms with Crippen LogP contribution in [-0.2, 0) is 12.7 Å². The number of aryl methyl sites for hydroxylation is 1. The van der Waals surface area contributed by atoms with Crippen LogP contribution in [0, 0.1) is 6.92 Å². The van der Waals surface area contributed by atoms with E-state index in [1.54, 1.807) is 19.1 Å². The van der Waals surface area contributed by atoms with E-state index in [2.05, 4.69) is 0 Å². The number of ketones is 1. The lowest BCUT2D eigenvalue weighted by molar-refractivity contribution is -0.138. The number of aromatic nitrogens is 1. The summed E-state index contributed by atoms with van der Waals surface area (Å²) in [4.78, 5) is 24.4. The summed E-state index contributed by atoms with van der Waals surface area (Å²) in [5.41, 5.74) is -1.72. The van der Waals surface area contributed by atoms with E-state index in [0.29, 0.717) is 6.07 Å². The van der Waals surface area contributed by atoms with Gasteiger partial charge in [0.2, 0.25) is 5.88 Å². The van der Waals surface area contributed by atoms with Crippen molar-refractivity contribution in [3.63, 3.8) is 0 Å². The van der Waals surface area contributed by atoms with Gasteiger partial charge in [0.1, 0.15) is 6.61 Å². The number of pyridine rings is 1. The van der Waals surface area contributed by atoms with Crippen molar-refractivity contribution < 1.29 is 22.7 Å². The molecule has 1 aromatic carbocycles. The van der Waals surface area contributed by atoms with Gasteiger partial charge in [0.25, 0.3) is 5.56 Å². The molecule has 4 nitrogen and oxygen atoms in total. The lowest BCUT2D eigenvalue weighted by Crippen LogP contribution is -2.24. The lowest BCUT2D eigenvalue weighted by atomic mass is 9.98. The van der Waals surface area contributed by atoms with Crippen LogP contribution in [0.25, 0.3) is 0 Å². The highest BCUT2D eigenvalue weighted by molar-refractivity contribution is 6.11. The van der Waals surface area contributed by atoms with Crippen molar-refractivity contribution in [2.75, 3.05) is 6.61 Å². The highest BCUT2D eigenvalue weighted by Crippen LogP contribution is 2.37. The molecule has 2 aromatic rings. The van der Waals surface area contributed by atoms with Crippen LogP contribution in [0.3, 0.4) is 0 Å². The van der Waals surface area contributed by atoms with E-state index in [1.165, 1.54) is 12.1 Å². The highest BCUT2D eigenvalue weighted by Gasteiger charge is 2.40. The van der Waals surface area contributed by atoms with Gasteiger partial charge in [-0.15, -0.1) is 0 Å². The molecule has 0 saturated carbocycles. The van der Waals surface area contributed by atoms with E-state index in [-0.39, 0.29) is 24.6 Å². The highest BCUT2D eigenvalue weighted by atomic mass is 19.4. The van der Waals surface area contributed by atoms with Gasteiger partial charge >= 0.3 is 6.18 Å². The molecule has 0 bridgehead atoms. The quantitative estimate of drug-likeness (QED) is 0.799. The molecule has 1 aliphatic rings. The summed E-state index contributed by atoms with van der Waals surface area (Å²) in [6.45, 7) is 1.99. The molecule has 0 fully saturated rings. The molecule has 0 saturated heterocycles. The second-order valence-corrected chi connectivity index (χ2v) is 5.27. The van der Waals surface area contributed by atoms with Crippen molar-refractivity contribution in [1.29, 1.82) is 0 Å². The Labute approximate surface area is 129 Å². The Morgan fingerprint density at radius 3 is 2.48 bits per heavy atom. The molecule has 23 heavy (non-hydrogen) atoms. The van der Waals surface area contributed by atoms with Crippen LogP contribution in [-0.4, -0.2) is 17.0 Å². The Morgan fingerprint density at radius 1 is 1.22 bits per heavy atom. The molecule has 0 radical (unpaired) electrons. The maximum absolute atomic E-state index is 13.3. The molecule has 1 aromatic heterocycles. The van der Waals surface area contributed by atoms with Gasteiger partial charge in [0, 0.05) is 11.6 Å². The van der Waals surface area contributed by atoms with E-state index in [9.17, 15) is 22.8 Å². The fraction of sp³-hybridized carbons (Fsp3) is 0.250. The third kappa shape index (κ3) is 2.62. The molecule has 120 valence electrons. The summed E-state index contributed by atoms with van der Waals surface area (Å²) in [7, 11) is 0. The van der Waals surface area contributed by atoms with Crippen LogP contribution in [0.2, 0.25) is 0 Å². The maximum atomic E-state index is 13.3. The molecule has 1 aliphatic heterocycles. The van der Waals surface area contributed by atoms with Crippen molar-refractivity contribution in [2.45, 2.75) is 19.6 Å². The molecule has 0 amide bonds. The van der Waals surface area contributed by atoms with E-state index < -0.39 is 28.6 Å². The third-order valence-electron chi connectivity index (χ3n) is 3.66. The summed E-state index contributed by atoms with van der Waals surface area (Å²) in [5.74, 6) is -1.13. The number of nitrogens with zero attached hydrogens (tertiary/aromatic N) is 1. The number of carbonyl (C=O) groups is 1.